The van der Waals surface area contributed by atoms with Gasteiger partial charge in [0, 0.05) is 6.21 Å². The highest BCUT2D eigenvalue weighted by Gasteiger charge is 2.35. The van der Waals surface area contributed by atoms with Crippen LogP contribution in [0.5, 0.6) is 0 Å². The standard InChI is InChI=1S/C7H12N2O/c1-5-3-7(2,6(8)10)9-4-5/h4-5H,3H2,1-2H3,(H2,8,10). The van der Waals surface area contributed by atoms with E-state index in [9.17, 15) is 4.79 Å². The number of hydrogen-bond donors (Lipinski definition) is 1. The van der Waals surface area contributed by atoms with Gasteiger partial charge in [-0.25, -0.2) is 0 Å². The second kappa shape index (κ2) is 2.08. The number of aliphatic imine (C=N–C) groups is 1. The molecule has 3 heteroatoms. The van der Waals surface area contributed by atoms with E-state index in [1.807, 2.05) is 6.92 Å². The Morgan fingerprint density at radius 3 is 2.70 bits per heavy atom. The molecule has 2 atom stereocenters. The summed E-state index contributed by atoms with van der Waals surface area (Å²) in [5, 5.41) is 0. The van der Waals surface area contributed by atoms with Gasteiger partial charge in [0.25, 0.3) is 0 Å². The maximum absolute atomic E-state index is 10.8. The molecule has 0 spiro atoms. The Morgan fingerprint density at radius 2 is 2.50 bits per heavy atom. The molecule has 2 N–H and O–H groups in total. The number of rotatable bonds is 1. The normalized spacial score (nSPS) is 38.4. The highest BCUT2D eigenvalue weighted by atomic mass is 16.1. The molecule has 0 aromatic rings. The summed E-state index contributed by atoms with van der Waals surface area (Å²) < 4.78 is 0. The zero-order valence-corrected chi connectivity index (χ0v) is 6.29. The Labute approximate surface area is 60.3 Å². The smallest absolute Gasteiger partial charge is 0.245 e. The maximum atomic E-state index is 10.8. The molecule has 0 aliphatic carbocycles. The average Bonchev–Trinajstić information content (AvgIpc) is 2.13. The third kappa shape index (κ3) is 1.03. The second-order valence-electron chi connectivity index (χ2n) is 3.10. The van der Waals surface area contributed by atoms with E-state index in [0.29, 0.717) is 5.92 Å². The number of nitrogens with two attached hydrogens (primary N) is 1. The van der Waals surface area contributed by atoms with Crippen molar-refractivity contribution < 1.29 is 4.79 Å². The Bertz CT molecular complexity index is 188. The van der Waals surface area contributed by atoms with Crippen LogP contribution in [-0.2, 0) is 4.79 Å². The van der Waals surface area contributed by atoms with Crippen molar-refractivity contribution in [2.75, 3.05) is 0 Å². The quantitative estimate of drug-likeness (QED) is 0.561. The molecule has 0 aromatic carbocycles. The highest BCUT2D eigenvalue weighted by Crippen LogP contribution is 2.25. The first-order valence-electron chi connectivity index (χ1n) is 3.40. The highest BCUT2D eigenvalue weighted by molar-refractivity contribution is 5.88. The van der Waals surface area contributed by atoms with E-state index in [0.717, 1.165) is 6.42 Å². The van der Waals surface area contributed by atoms with Gasteiger partial charge in [0.2, 0.25) is 5.91 Å². The fourth-order valence-corrected chi connectivity index (χ4v) is 1.19. The number of nitrogens with zero attached hydrogens (tertiary/aromatic N) is 1. The van der Waals surface area contributed by atoms with E-state index in [1.54, 1.807) is 13.1 Å². The Hall–Kier alpha value is -0.860. The molecule has 0 radical (unpaired) electrons. The number of hydrogen-bond acceptors (Lipinski definition) is 2. The van der Waals surface area contributed by atoms with E-state index in [2.05, 4.69) is 4.99 Å². The van der Waals surface area contributed by atoms with Crippen LogP contribution in [0.15, 0.2) is 4.99 Å². The molecule has 10 heavy (non-hydrogen) atoms. The molecular weight excluding hydrogens is 128 g/mol. The van der Waals surface area contributed by atoms with Crippen molar-refractivity contribution in [1.29, 1.82) is 0 Å². The third-order valence-electron chi connectivity index (χ3n) is 1.86. The molecule has 1 aliphatic heterocycles. The van der Waals surface area contributed by atoms with Crippen molar-refractivity contribution in [3.05, 3.63) is 0 Å². The lowest BCUT2D eigenvalue weighted by Gasteiger charge is -2.15. The fraction of sp³-hybridized carbons (Fsp3) is 0.714. The van der Waals surface area contributed by atoms with Gasteiger partial charge in [0.15, 0.2) is 0 Å². The summed E-state index contributed by atoms with van der Waals surface area (Å²) in [6.07, 6.45) is 2.55. The van der Waals surface area contributed by atoms with Crippen molar-refractivity contribution in [3.8, 4) is 0 Å². The topological polar surface area (TPSA) is 55.4 Å². The molecule has 0 aromatic heterocycles. The fourth-order valence-electron chi connectivity index (χ4n) is 1.19. The zero-order chi connectivity index (χ0) is 7.78. The van der Waals surface area contributed by atoms with Crippen LogP contribution in [0.25, 0.3) is 0 Å². The Balaban J connectivity index is 2.75. The van der Waals surface area contributed by atoms with E-state index in [1.165, 1.54) is 0 Å². The van der Waals surface area contributed by atoms with Crippen molar-refractivity contribution in [3.63, 3.8) is 0 Å². The molecular formula is C7H12N2O. The first-order chi connectivity index (χ1) is 4.54. The average molecular weight is 140 g/mol. The number of primary amides is 1. The van der Waals surface area contributed by atoms with Crippen LogP contribution in [0.2, 0.25) is 0 Å². The van der Waals surface area contributed by atoms with Gasteiger partial charge < -0.3 is 5.73 Å². The van der Waals surface area contributed by atoms with Gasteiger partial charge in [-0.3, -0.25) is 9.79 Å². The van der Waals surface area contributed by atoms with Crippen LogP contribution >= 0.6 is 0 Å². The van der Waals surface area contributed by atoms with Crippen LogP contribution in [-0.4, -0.2) is 17.7 Å². The van der Waals surface area contributed by atoms with Crippen LogP contribution < -0.4 is 5.73 Å². The lowest BCUT2D eigenvalue weighted by Crippen LogP contribution is -2.37. The van der Waals surface area contributed by atoms with E-state index < -0.39 is 5.54 Å². The Kier molecular flexibility index (Phi) is 1.50. The summed E-state index contributed by atoms with van der Waals surface area (Å²) in [6.45, 7) is 3.80. The van der Waals surface area contributed by atoms with Crippen LogP contribution in [0.1, 0.15) is 20.3 Å². The summed E-state index contributed by atoms with van der Waals surface area (Å²) in [5.74, 6) is 0.0607. The lowest BCUT2D eigenvalue weighted by molar-refractivity contribution is -0.122. The molecule has 1 heterocycles. The summed E-state index contributed by atoms with van der Waals surface area (Å²) in [5.41, 5.74) is 4.52. The molecule has 0 bridgehead atoms. The van der Waals surface area contributed by atoms with Gasteiger partial charge in [0.05, 0.1) is 0 Å². The largest absolute Gasteiger partial charge is 0.368 e. The van der Waals surface area contributed by atoms with Gasteiger partial charge in [-0.2, -0.15) is 0 Å². The zero-order valence-electron chi connectivity index (χ0n) is 6.29. The molecule has 1 amide bonds. The molecule has 3 nitrogen and oxygen atoms in total. The van der Waals surface area contributed by atoms with Crippen LogP contribution in [0.3, 0.4) is 0 Å². The third-order valence-corrected chi connectivity index (χ3v) is 1.86. The number of carbonyl (C=O) groups is 1. The summed E-state index contributed by atoms with van der Waals surface area (Å²) >= 11 is 0. The molecule has 0 saturated heterocycles. The van der Waals surface area contributed by atoms with E-state index >= 15 is 0 Å². The molecule has 1 rings (SSSR count). The lowest BCUT2D eigenvalue weighted by atomic mass is 9.94. The predicted molar refractivity (Wildman–Crippen MR) is 39.9 cm³/mol. The van der Waals surface area contributed by atoms with Gasteiger partial charge in [-0.1, -0.05) is 6.92 Å². The maximum Gasteiger partial charge on any atom is 0.245 e. The summed E-state index contributed by atoms with van der Waals surface area (Å²) in [4.78, 5) is 14.8. The minimum Gasteiger partial charge on any atom is -0.368 e. The SMILES string of the molecule is CC1C=NC(C)(C(N)=O)C1. The van der Waals surface area contributed by atoms with E-state index in [4.69, 9.17) is 5.73 Å². The first-order valence-corrected chi connectivity index (χ1v) is 3.40. The minimum absolute atomic E-state index is 0.326. The van der Waals surface area contributed by atoms with Crippen molar-refractivity contribution in [1.82, 2.24) is 0 Å². The second-order valence-corrected chi connectivity index (χ2v) is 3.10. The van der Waals surface area contributed by atoms with Crippen LogP contribution in [0, 0.1) is 5.92 Å². The van der Waals surface area contributed by atoms with Crippen molar-refractivity contribution in [2.45, 2.75) is 25.8 Å². The molecule has 56 valence electrons. The molecule has 1 aliphatic rings. The van der Waals surface area contributed by atoms with Gasteiger partial charge >= 0.3 is 0 Å². The van der Waals surface area contributed by atoms with Gasteiger partial charge in [-0.05, 0) is 19.3 Å². The summed E-state index contributed by atoms with van der Waals surface area (Å²) in [6, 6.07) is 0. The molecule has 2 unspecified atom stereocenters. The van der Waals surface area contributed by atoms with Crippen molar-refractivity contribution >= 4 is 12.1 Å². The number of amides is 1. The predicted octanol–water partition coefficient (Wildman–Crippen LogP) is 0.341. The molecule has 0 fully saturated rings. The van der Waals surface area contributed by atoms with Crippen LogP contribution in [0.4, 0.5) is 0 Å². The van der Waals surface area contributed by atoms with Crippen molar-refractivity contribution in [2.24, 2.45) is 16.6 Å². The first kappa shape index (κ1) is 7.25. The Morgan fingerprint density at radius 1 is 1.90 bits per heavy atom. The summed E-state index contributed by atoms with van der Waals surface area (Å²) in [7, 11) is 0. The van der Waals surface area contributed by atoms with Gasteiger partial charge in [0.1, 0.15) is 5.54 Å². The molecule has 0 saturated carbocycles. The van der Waals surface area contributed by atoms with E-state index in [-0.39, 0.29) is 5.91 Å². The number of carbonyl (C=O) groups excluding carboxylic acids is 1. The monoisotopic (exact) mass is 140 g/mol. The van der Waals surface area contributed by atoms with Gasteiger partial charge in [-0.15, -0.1) is 0 Å². The minimum atomic E-state index is -0.626.